The minimum Gasteiger partial charge on any atom is -0.450 e. The highest BCUT2D eigenvalue weighted by atomic mass is 32.2. The van der Waals surface area contributed by atoms with E-state index in [1.54, 1.807) is 35.8 Å². The smallest absolute Gasteiger partial charge is 0.409 e. The van der Waals surface area contributed by atoms with Crippen LogP contribution in [-0.2, 0) is 14.3 Å². The van der Waals surface area contributed by atoms with Crippen LogP contribution < -0.4 is 5.32 Å². The number of hydrogen-bond acceptors (Lipinski definition) is 7. The Bertz CT molecular complexity index is 632. The molecule has 1 N–H and O–H groups in total. The molecule has 1 fully saturated rings. The predicted molar refractivity (Wildman–Crippen MR) is 96.9 cm³/mol. The van der Waals surface area contributed by atoms with Crippen LogP contribution in [0.5, 0.6) is 0 Å². The van der Waals surface area contributed by atoms with Gasteiger partial charge in [-0.25, -0.2) is 4.79 Å². The van der Waals surface area contributed by atoms with Crippen molar-refractivity contribution in [3.63, 3.8) is 0 Å². The number of aromatic nitrogens is 2. The summed E-state index contributed by atoms with van der Waals surface area (Å²) in [7, 11) is 0. The highest BCUT2D eigenvalue weighted by Gasteiger charge is 2.24. The molecule has 26 heavy (non-hydrogen) atoms. The Labute approximate surface area is 156 Å². The van der Waals surface area contributed by atoms with E-state index in [1.165, 1.54) is 11.8 Å². The van der Waals surface area contributed by atoms with Crippen molar-refractivity contribution in [2.45, 2.75) is 25.3 Å². The Hall–Kier alpha value is -2.36. The van der Waals surface area contributed by atoms with E-state index in [0.717, 1.165) is 0 Å². The van der Waals surface area contributed by atoms with Crippen molar-refractivity contribution in [1.29, 1.82) is 0 Å². The fraction of sp³-hybridized carbons (Fsp3) is 0.562. The lowest BCUT2D eigenvalue weighted by Gasteiger charge is -2.34. The zero-order valence-corrected chi connectivity index (χ0v) is 15.8. The molecule has 0 aliphatic carbocycles. The summed E-state index contributed by atoms with van der Waals surface area (Å²) in [5, 5.41) is 11.1. The fourth-order valence-corrected chi connectivity index (χ4v) is 2.99. The van der Waals surface area contributed by atoms with E-state index >= 15 is 0 Å². The van der Waals surface area contributed by atoms with Gasteiger partial charge in [0, 0.05) is 32.6 Å². The number of nitrogens with one attached hydrogen (secondary N) is 1. The molecular formula is C16H23N5O4S. The Morgan fingerprint density at radius 3 is 2.38 bits per heavy atom. The number of rotatable bonds is 6. The molecule has 1 aromatic rings. The van der Waals surface area contributed by atoms with E-state index in [4.69, 9.17) is 4.74 Å². The quantitative estimate of drug-likeness (QED) is 0.739. The molecule has 1 aliphatic rings. The summed E-state index contributed by atoms with van der Waals surface area (Å²) in [6.07, 6.45) is 0.0373. The highest BCUT2D eigenvalue weighted by Crippen LogP contribution is 2.17. The van der Waals surface area contributed by atoms with Crippen molar-refractivity contribution in [2.24, 2.45) is 0 Å². The molecule has 0 bridgehead atoms. The van der Waals surface area contributed by atoms with Gasteiger partial charge in [-0.2, -0.15) is 0 Å². The number of hydrogen-bond donors (Lipinski definition) is 1. The van der Waals surface area contributed by atoms with Crippen molar-refractivity contribution < 1.29 is 19.1 Å². The molecule has 0 saturated carbocycles. The van der Waals surface area contributed by atoms with Gasteiger partial charge in [0.25, 0.3) is 0 Å². The summed E-state index contributed by atoms with van der Waals surface area (Å²) >= 11 is 1.29. The molecule has 1 aliphatic heterocycles. The van der Waals surface area contributed by atoms with Gasteiger partial charge in [-0.05, 0) is 19.1 Å². The van der Waals surface area contributed by atoms with Gasteiger partial charge in [0.1, 0.15) is 5.03 Å². The number of carbonyl (C=O) groups excluding carboxylic acids is 3. The van der Waals surface area contributed by atoms with Crippen LogP contribution in [0.1, 0.15) is 20.3 Å². The van der Waals surface area contributed by atoms with Gasteiger partial charge >= 0.3 is 6.09 Å². The van der Waals surface area contributed by atoms with E-state index in [-0.39, 0.29) is 23.7 Å². The second kappa shape index (κ2) is 9.95. The van der Waals surface area contributed by atoms with Gasteiger partial charge in [0.05, 0.1) is 12.4 Å². The molecule has 0 aromatic carbocycles. The zero-order chi connectivity index (χ0) is 18.9. The van der Waals surface area contributed by atoms with E-state index in [0.29, 0.717) is 50.1 Å². The van der Waals surface area contributed by atoms with Crippen LogP contribution in [0.3, 0.4) is 0 Å². The zero-order valence-electron chi connectivity index (χ0n) is 14.9. The first-order valence-corrected chi connectivity index (χ1v) is 9.47. The second-order valence-electron chi connectivity index (χ2n) is 5.51. The summed E-state index contributed by atoms with van der Waals surface area (Å²) in [6.45, 7) is 5.79. The van der Waals surface area contributed by atoms with Crippen molar-refractivity contribution >= 4 is 35.5 Å². The summed E-state index contributed by atoms with van der Waals surface area (Å²) in [5.74, 6) is 0.498. The molecular weight excluding hydrogens is 358 g/mol. The van der Waals surface area contributed by atoms with Crippen LogP contribution in [0.15, 0.2) is 17.2 Å². The maximum absolute atomic E-state index is 12.3. The lowest BCUT2D eigenvalue weighted by molar-refractivity contribution is -0.129. The number of thioether (sulfide) groups is 1. The Balaban J connectivity index is 1.75. The monoisotopic (exact) mass is 381 g/mol. The van der Waals surface area contributed by atoms with E-state index in [9.17, 15) is 14.4 Å². The van der Waals surface area contributed by atoms with Crippen LogP contribution in [0.4, 0.5) is 10.6 Å². The highest BCUT2D eigenvalue weighted by molar-refractivity contribution is 7.99. The van der Waals surface area contributed by atoms with Gasteiger partial charge in [0.15, 0.2) is 5.82 Å². The molecule has 0 radical (unpaired) electrons. The van der Waals surface area contributed by atoms with Crippen LogP contribution in [0.25, 0.3) is 0 Å². The molecule has 2 rings (SSSR count). The maximum Gasteiger partial charge on any atom is 0.409 e. The van der Waals surface area contributed by atoms with Crippen molar-refractivity contribution in [3.05, 3.63) is 12.1 Å². The van der Waals surface area contributed by atoms with E-state index in [2.05, 4.69) is 15.5 Å². The number of ether oxygens (including phenoxy) is 1. The Morgan fingerprint density at radius 2 is 1.81 bits per heavy atom. The summed E-state index contributed by atoms with van der Waals surface area (Å²) in [4.78, 5) is 38.6. The molecule has 0 spiro atoms. The lowest BCUT2D eigenvalue weighted by Crippen LogP contribution is -2.51. The minimum atomic E-state index is -0.334. The summed E-state index contributed by atoms with van der Waals surface area (Å²) < 4.78 is 4.96. The van der Waals surface area contributed by atoms with Crippen LogP contribution in [-0.4, -0.2) is 76.4 Å². The molecule has 2 heterocycles. The minimum absolute atomic E-state index is 0.0105. The second-order valence-corrected chi connectivity index (χ2v) is 6.51. The number of nitrogens with zero attached hydrogens (tertiary/aromatic N) is 4. The van der Waals surface area contributed by atoms with E-state index in [1.807, 2.05) is 0 Å². The molecule has 1 aromatic heterocycles. The average Bonchev–Trinajstić information content (AvgIpc) is 2.67. The summed E-state index contributed by atoms with van der Waals surface area (Å²) in [5.41, 5.74) is 0. The Morgan fingerprint density at radius 1 is 1.12 bits per heavy atom. The largest absolute Gasteiger partial charge is 0.450 e. The van der Waals surface area contributed by atoms with Crippen molar-refractivity contribution in [2.75, 3.05) is 43.9 Å². The van der Waals surface area contributed by atoms with Crippen LogP contribution >= 0.6 is 11.8 Å². The van der Waals surface area contributed by atoms with Gasteiger partial charge in [0.2, 0.25) is 11.8 Å². The third-order valence-corrected chi connectivity index (χ3v) is 4.64. The molecule has 0 atom stereocenters. The molecule has 142 valence electrons. The molecule has 10 heteroatoms. The molecule has 1 saturated heterocycles. The Kier molecular flexibility index (Phi) is 7.64. The van der Waals surface area contributed by atoms with Gasteiger partial charge in [-0.1, -0.05) is 18.7 Å². The topological polar surface area (TPSA) is 105 Å². The first-order valence-electron chi connectivity index (χ1n) is 8.49. The van der Waals surface area contributed by atoms with Gasteiger partial charge in [-0.3, -0.25) is 9.59 Å². The summed E-state index contributed by atoms with van der Waals surface area (Å²) in [6, 6.07) is 3.38. The van der Waals surface area contributed by atoms with Gasteiger partial charge in [-0.15, -0.1) is 10.2 Å². The van der Waals surface area contributed by atoms with Crippen LogP contribution in [0, 0.1) is 0 Å². The predicted octanol–water partition coefficient (Wildman–Crippen LogP) is 1.22. The first kappa shape index (κ1) is 20.0. The van der Waals surface area contributed by atoms with Crippen LogP contribution in [0.2, 0.25) is 0 Å². The third kappa shape index (κ3) is 5.87. The molecule has 0 unspecified atom stereocenters. The van der Waals surface area contributed by atoms with Crippen molar-refractivity contribution in [1.82, 2.24) is 20.0 Å². The van der Waals surface area contributed by atoms with Gasteiger partial charge < -0.3 is 19.9 Å². The standard InChI is InChI=1S/C16H23N5O4S/c1-3-13(22)17-12-5-6-14(19-18-12)26-11-15(23)20-7-9-21(10-8-20)16(24)25-4-2/h5-6H,3-4,7-11H2,1-2H3,(H,17,18,22). The molecule has 9 nitrogen and oxygen atoms in total. The first-order chi connectivity index (χ1) is 12.5. The number of amides is 3. The van der Waals surface area contributed by atoms with E-state index < -0.39 is 0 Å². The third-order valence-electron chi connectivity index (χ3n) is 3.73. The number of piperazine rings is 1. The maximum atomic E-state index is 12.3. The van der Waals surface area contributed by atoms with Crippen molar-refractivity contribution in [3.8, 4) is 0 Å². The molecule has 3 amide bonds. The SMILES string of the molecule is CCOC(=O)N1CCN(C(=O)CSc2ccc(NC(=O)CC)nn2)CC1. The fourth-order valence-electron chi connectivity index (χ4n) is 2.28. The number of anilines is 1. The lowest BCUT2D eigenvalue weighted by atomic mass is 10.3. The number of carbonyl (C=O) groups is 3. The average molecular weight is 381 g/mol. The normalized spacial score (nSPS) is 14.1.